The number of ketones is 1. The average molecular weight is 689 g/mol. The smallest absolute Gasteiger partial charge is 0.484 e. The molecule has 0 saturated carbocycles. The molecule has 0 aliphatic rings. The summed E-state index contributed by atoms with van der Waals surface area (Å²) in [4.78, 5) is 36.2. The van der Waals surface area contributed by atoms with Crippen LogP contribution in [0.2, 0.25) is 0 Å². The van der Waals surface area contributed by atoms with Crippen LogP contribution in [0.5, 0.6) is 11.5 Å². The van der Waals surface area contributed by atoms with Crippen LogP contribution in [-0.2, 0) is 17.6 Å². The first-order valence-corrected chi connectivity index (χ1v) is 15.0. The Bertz CT molecular complexity index is 1840. The Morgan fingerprint density at radius 1 is 0.857 bits per heavy atom. The van der Waals surface area contributed by atoms with Crippen LogP contribution in [0.25, 0.3) is 16.7 Å². The summed E-state index contributed by atoms with van der Waals surface area (Å²) >= 11 is 0. The zero-order chi connectivity index (χ0) is 36.2. The summed E-state index contributed by atoms with van der Waals surface area (Å²) in [6, 6.07) is 18.4. The fourth-order valence-electron chi connectivity index (χ4n) is 4.23. The number of carbonyl (C=O) groups excluding carboxylic acids is 1. The van der Waals surface area contributed by atoms with Gasteiger partial charge in [-0.2, -0.15) is 13.2 Å². The van der Waals surface area contributed by atoms with Gasteiger partial charge in [-0.1, -0.05) is 39.0 Å². The first kappa shape index (κ1) is 38.2. The van der Waals surface area contributed by atoms with E-state index in [4.69, 9.17) is 4.74 Å². The van der Waals surface area contributed by atoms with Gasteiger partial charge >= 0.3 is 12.5 Å². The van der Waals surface area contributed by atoms with E-state index in [0.29, 0.717) is 28.1 Å². The van der Waals surface area contributed by atoms with Crippen molar-refractivity contribution < 1.29 is 40.6 Å². The van der Waals surface area contributed by atoms with Gasteiger partial charge in [-0.05, 0) is 79.1 Å². The maximum absolute atomic E-state index is 12.9. The molecule has 3 heterocycles. The summed E-state index contributed by atoms with van der Waals surface area (Å²) in [5, 5.41) is 0.370. The highest BCUT2D eigenvalue weighted by molar-refractivity contribution is 5.78. The van der Waals surface area contributed by atoms with E-state index in [1.54, 1.807) is 24.5 Å². The SMILES string of the molecule is CC(=O)Cc1ccc(OC(F)(F)F)cc1.CC(C)c1nc2ncccc2c(=O)n1-c1ccc(OCC(F)(F)F)cc1.CCc1cccnc1. The predicted octanol–water partition coefficient (Wildman–Crippen LogP) is 8.21. The van der Waals surface area contributed by atoms with E-state index in [9.17, 15) is 35.9 Å². The minimum Gasteiger partial charge on any atom is -0.484 e. The number of aryl methyl sites for hydroxylation is 1. The third-order valence-electron chi connectivity index (χ3n) is 6.42. The van der Waals surface area contributed by atoms with Crippen LogP contribution < -0.4 is 15.0 Å². The highest BCUT2D eigenvalue weighted by atomic mass is 19.4. The van der Waals surface area contributed by atoms with Crippen molar-refractivity contribution in [2.75, 3.05) is 6.61 Å². The van der Waals surface area contributed by atoms with Crippen molar-refractivity contribution in [1.29, 1.82) is 0 Å². The van der Waals surface area contributed by atoms with Crippen molar-refractivity contribution in [2.45, 2.75) is 59.0 Å². The third-order valence-corrected chi connectivity index (χ3v) is 6.42. The lowest BCUT2D eigenvalue weighted by Crippen LogP contribution is -2.25. The molecule has 5 aromatic rings. The first-order chi connectivity index (χ1) is 23.1. The van der Waals surface area contributed by atoms with Crippen LogP contribution >= 0.6 is 0 Å². The lowest BCUT2D eigenvalue weighted by atomic mass is 10.1. The van der Waals surface area contributed by atoms with Crippen LogP contribution in [0.3, 0.4) is 0 Å². The van der Waals surface area contributed by atoms with Crippen LogP contribution in [0, 0.1) is 0 Å². The molecule has 260 valence electrons. The van der Waals surface area contributed by atoms with Crippen LogP contribution in [0.4, 0.5) is 26.3 Å². The number of hydrogen-bond acceptors (Lipinski definition) is 7. The fourth-order valence-corrected chi connectivity index (χ4v) is 4.23. The molecule has 0 bridgehead atoms. The number of pyridine rings is 2. The molecule has 0 unspecified atom stereocenters. The Morgan fingerprint density at radius 3 is 2.00 bits per heavy atom. The summed E-state index contributed by atoms with van der Waals surface area (Å²) < 4.78 is 81.9. The lowest BCUT2D eigenvalue weighted by Gasteiger charge is -2.16. The predicted molar refractivity (Wildman–Crippen MR) is 172 cm³/mol. The van der Waals surface area contributed by atoms with Crippen molar-refractivity contribution in [1.82, 2.24) is 19.5 Å². The van der Waals surface area contributed by atoms with Crippen LogP contribution in [0.15, 0.2) is 96.2 Å². The molecule has 2 aromatic carbocycles. The average Bonchev–Trinajstić information content (AvgIpc) is 3.05. The number of hydrogen-bond donors (Lipinski definition) is 0. The molecule has 8 nitrogen and oxygen atoms in total. The third kappa shape index (κ3) is 12.7. The van der Waals surface area contributed by atoms with E-state index in [2.05, 4.69) is 32.7 Å². The highest BCUT2D eigenvalue weighted by Gasteiger charge is 2.31. The van der Waals surface area contributed by atoms with Crippen LogP contribution in [-0.4, -0.2) is 44.4 Å². The van der Waals surface area contributed by atoms with Crippen molar-refractivity contribution in [3.63, 3.8) is 0 Å². The monoisotopic (exact) mass is 688 g/mol. The lowest BCUT2D eigenvalue weighted by molar-refractivity contribution is -0.274. The molecule has 49 heavy (non-hydrogen) atoms. The summed E-state index contributed by atoms with van der Waals surface area (Å²) in [5.74, 6) is 0.204. The molecular weight excluding hydrogens is 654 g/mol. The quantitative estimate of drug-likeness (QED) is 0.152. The molecule has 5 rings (SSSR count). The van der Waals surface area contributed by atoms with E-state index < -0.39 is 19.1 Å². The second kappa shape index (κ2) is 17.2. The number of rotatable bonds is 8. The summed E-state index contributed by atoms with van der Waals surface area (Å²) in [5.41, 5.74) is 2.54. The number of benzene rings is 2. The molecule has 0 aliphatic carbocycles. The molecule has 0 N–H and O–H groups in total. The van der Waals surface area contributed by atoms with Gasteiger partial charge in [0.2, 0.25) is 0 Å². The molecule has 0 spiro atoms. The largest absolute Gasteiger partial charge is 0.573 e. The maximum atomic E-state index is 12.9. The van der Waals surface area contributed by atoms with Crippen molar-refractivity contribution >= 4 is 16.8 Å². The van der Waals surface area contributed by atoms with Crippen molar-refractivity contribution in [2.24, 2.45) is 0 Å². The van der Waals surface area contributed by atoms with Crippen molar-refractivity contribution in [3.05, 3.63) is 119 Å². The molecule has 0 atom stereocenters. The Hall–Kier alpha value is -5.27. The highest BCUT2D eigenvalue weighted by Crippen LogP contribution is 2.24. The molecule has 0 saturated heterocycles. The van der Waals surface area contributed by atoms with Gasteiger partial charge in [-0.3, -0.25) is 19.1 Å². The fraction of sp³-hybridized carbons (Fsp3) is 0.286. The Kier molecular flexibility index (Phi) is 13.4. The Morgan fingerprint density at radius 2 is 1.49 bits per heavy atom. The molecule has 3 aromatic heterocycles. The van der Waals surface area contributed by atoms with Gasteiger partial charge < -0.3 is 9.47 Å². The second-order valence-corrected chi connectivity index (χ2v) is 10.8. The van der Waals surface area contributed by atoms with E-state index in [1.165, 1.54) is 65.6 Å². The van der Waals surface area contributed by atoms with Gasteiger partial charge in [0.25, 0.3) is 5.56 Å². The van der Waals surface area contributed by atoms with Gasteiger partial charge in [-0.25, -0.2) is 9.97 Å². The van der Waals surface area contributed by atoms with E-state index >= 15 is 0 Å². The number of nitrogens with zero attached hydrogens (tertiary/aromatic N) is 4. The zero-order valence-electron chi connectivity index (χ0n) is 27.0. The van der Waals surface area contributed by atoms with Gasteiger partial charge in [-0.15, -0.1) is 13.2 Å². The number of halogens is 6. The Balaban J connectivity index is 0.000000236. The van der Waals surface area contributed by atoms with Gasteiger partial charge in [0.1, 0.15) is 23.1 Å². The van der Waals surface area contributed by atoms with Gasteiger partial charge in [0, 0.05) is 30.9 Å². The van der Waals surface area contributed by atoms with E-state index in [0.717, 1.165) is 6.42 Å². The first-order valence-electron chi connectivity index (χ1n) is 15.0. The van der Waals surface area contributed by atoms with E-state index in [1.807, 2.05) is 26.1 Å². The minimum atomic E-state index is -4.68. The standard InChI is InChI=1S/C18H16F3N3O2.C10H9F3O2.C7H9N/c1-11(2)16-23-15-14(4-3-9-22-15)17(25)24(16)12-5-7-13(8-6-12)26-10-18(19,20)21;1-7(14)6-8-2-4-9(5-3-8)15-10(11,12)13;1-2-7-4-3-5-8-6-7/h3-9,11H,10H2,1-2H3;2-5H,6H2,1H3;3-6H,2H2,1H3. The number of aromatic nitrogens is 4. The number of fused-ring (bicyclic) bond motifs is 1. The number of carbonyl (C=O) groups is 1. The molecular formula is C35H34F6N4O4. The molecule has 0 amide bonds. The molecule has 0 fully saturated rings. The summed E-state index contributed by atoms with van der Waals surface area (Å²) in [7, 11) is 0. The maximum Gasteiger partial charge on any atom is 0.573 e. The number of alkyl halides is 6. The number of ether oxygens (including phenoxy) is 2. The zero-order valence-corrected chi connectivity index (χ0v) is 27.0. The number of Topliss-reactive ketones (excluding diaryl/α,β-unsaturated/α-hetero) is 1. The molecule has 0 radical (unpaired) electrons. The normalized spacial score (nSPS) is 11.2. The summed E-state index contributed by atoms with van der Waals surface area (Å²) in [6.45, 7) is 5.96. The van der Waals surface area contributed by atoms with Crippen molar-refractivity contribution in [3.8, 4) is 17.2 Å². The Labute approximate surface area is 278 Å². The van der Waals surface area contributed by atoms with Gasteiger partial charge in [0.15, 0.2) is 12.3 Å². The van der Waals surface area contributed by atoms with E-state index in [-0.39, 0.29) is 35.2 Å². The van der Waals surface area contributed by atoms with Gasteiger partial charge in [0.05, 0.1) is 11.1 Å². The minimum absolute atomic E-state index is 0.0421. The topological polar surface area (TPSA) is 96.2 Å². The summed E-state index contributed by atoms with van der Waals surface area (Å²) in [6.07, 6.45) is -2.55. The second-order valence-electron chi connectivity index (χ2n) is 10.8. The molecule has 14 heteroatoms. The molecule has 0 aliphatic heterocycles. The van der Waals surface area contributed by atoms with Crippen LogP contribution in [0.1, 0.15) is 50.6 Å².